The number of Topliss-reactive ketones (excluding diaryl/α,β-unsaturated/α-hetero) is 1. The quantitative estimate of drug-likeness (QED) is 0.777. The molecule has 0 bridgehead atoms. The SMILES string of the molecule is CN1CCN(C)C(C(=O)c2cnc3ccccc3c2)C1. The van der Waals surface area contributed by atoms with Crippen LogP contribution >= 0.6 is 0 Å². The van der Waals surface area contributed by atoms with Crippen LogP contribution in [-0.4, -0.2) is 60.3 Å². The zero-order valence-electron chi connectivity index (χ0n) is 11.9. The molecule has 0 N–H and O–H groups in total. The van der Waals surface area contributed by atoms with Crippen molar-refractivity contribution in [1.29, 1.82) is 0 Å². The summed E-state index contributed by atoms with van der Waals surface area (Å²) in [6.45, 7) is 2.71. The predicted molar refractivity (Wildman–Crippen MR) is 80.0 cm³/mol. The first-order valence-electron chi connectivity index (χ1n) is 6.93. The minimum absolute atomic E-state index is 0.0725. The molecule has 1 saturated heterocycles. The fourth-order valence-corrected chi connectivity index (χ4v) is 2.69. The van der Waals surface area contributed by atoms with Crippen molar-refractivity contribution in [3.05, 3.63) is 42.1 Å². The maximum atomic E-state index is 12.7. The number of hydrogen-bond acceptors (Lipinski definition) is 4. The number of benzene rings is 1. The van der Waals surface area contributed by atoms with E-state index in [-0.39, 0.29) is 11.8 Å². The number of rotatable bonds is 2. The van der Waals surface area contributed by atoms with Crippen molar-refractivity contribution in [2.45, 2.75) is 6.04 Å². The molecule has 0 amide bonds. The van der Waals surface area contributed by atoms with Crippen molar-refractivity contribution >= 4 is 16.7 Å². The molecule has 1 aliphatic heterocycles. The Morgan fingerprint density at radius 1 is 1.25 bits per heavy atom. The molecule has 2 heterocycles. The van der Waals surface area contributed by atoms with Crippen LogP contribution in [0.1, 0.15) is 10.4 Å². The van der Waals surface area contributed by atoms with Gasteiger partial charge in [-0.25, -0.2) is 0 Å². The second-order valence-electron chi connectivity index (χ2n) is 5.54. The summed E-state index contributed by atoms with van der Waals surface area (Å²) in [7, 11) is 4.08. The molecule has 1 aliphatic rings. The van der Waals surface area contributed by atoms with E-state index in [1.165, 1.54) is 0 Å². The van der Waals surface area contributed by atoms with E-state index >= 15 is 0 Å². The van der Waals surface area contributed by atoms with E-state index in [0.29, 0.717) is 5.56 Å². The lowest BCUT2D eigenvalue weighted by atomic mass is 10.0. The predicted octanol–water partition coefficient (Wildman–Crippen LogP) is 1.66. The molecule has 0 saturated carbocycles. The van der Waals surface area contributed by atoms with E-state index in [4.69, 9.17) is 0 Å². The first-order chi connectivity index (χ1) is 9.65. The Labute approximate surface area is 119 Å². The van der Waals surface area contributed by atoms with Gasteiger partial charge in [0.15, 0.2) is 5.78 Å². The van der Waals surface area contributed by atoms with Gasteiger partial charge in [0.1, 0.15) is 0 Å². The highest BCUT2D eigenvalue weighted by molar-refractivity contribution is 6.02. The van der Waals surface area contributed by atoms with Crippen LogP contribution in [0, 0.1) is 0 Å². The van der Waals surface area contributed by atoms with Crippen LogP contribution in [0.25, 0.3) is 10.9 Å². The molecular weight excluding hydrogens is 250 g/mol. The van der Waals surface area contributed by atoms with E-state index in [2.05, 4.69) is 21.8 Å². The Hall–Kier alpha value is -1.78. The topological polar surface area (TPSA) is 36.4 Å². The van der Waals surface area contributed by atoms with E-state index in [9.17, 15) is 4.79 Å². The molecule has 20 heavy (non-hydrogen) atoms. The first-order valence-corrected chi connectivity index (χ1v) is 6.93. The molecule has 1 aromatic carbocycles. The van der Waals surface area contributed by atoms with Gasteiger partial charge in [0.25, 0.3) is 0 Å². The van der Waals surface area contributed by atoms with Gasteiger partial charge < -0.3 is 4.90 Å². The minimum Gasteiger partial charge on any atom is -0.303 e. The van der Waals surface area contributed by atoms with Gasteiger partial charge >= 0.3 is 0 Å². The number of fused-ring (bicyclic) bond motifs is 1. The molecular formula is C16H19N3O. The number of pyridine rings is 1. The third-order valence-corrected chi connectivity index (χ3v) is 4.03. The lowest BCUT2D eigenvalue weighted by Gasteiger charge is -2.36. The van der Waals surface area contributed by atoms with Crippen LogP contribution in [0.5, 0.6) is 0 Å². The fourth-order valence-electron chi connectivity index (χ4n) is 2.69. The highest BCUT2D eigenvalue weighted by Crippen LogP contribution is 2.17. The van der Waals surface area contributed by atoms with E-state index in [1.807, 2.05) is 37.4 Å². The van der Waals surface area contributed by atoms with Crippen molar-refractivity contribution < 1.29 is 4.79 Å². The fraction of sp³-hybridized carbons (Fsp3) is 0.375. The molecule has 4 nitrogen and oxygen atoms in total. The normalized spacial score (nSPS) is 21.2. The summed E-state index contributed by atoms with van der Waals surface area (Å²) in [5, 5.41) is 1.02. The van der Waals surface area contributed by atoms with Crippen molar-refractivity contribution in [1.82, 2.24) is 14.8 Å². The van der Waals surface area contributed by atoms with Crippen LogP contribution in [0.2, 0.25) is 0 Å². The van der Waals surface area contributed by atoms with Gasteiger partial charge in [-0.05, 0) is 26.2 Å². The van der Waals surface area contributed by atoms with E-state index in [0.717, 1.165) is 30.5 Å². The number of nitrogens with zero attached hydrogens (tertiary/aromatic N) is 3. The second kappa shape index (κ2) is 5.31. The highest BCUT2D eigenvalue weighted by Gasteiger charge is 2.29. The molecule has 1 fully saturated rings. The molecule has 3 rings (SSSR count). The highest BCUT2D eigenvalue weighted by atomic mass is 16.1. The number of carbonyl (C=O) groups excluding carboxylic acids is 1. The summed E-state index contributed by atoms with van der Waals surface area (Å²) in [5.41, 5.74) is 1.63. The molecule has 104 valence electrons. The van der Waals surface area contributed by atoms with Crippen molar-refractivity contribution in [3.63, 3.8) is 0 Å². The smallest absolute Gasteiger partial charge is 0.182 e. The molecule has 0 spiro atoms. The summed E-state index contributed by atoms with van der Waals surface area (Å²) in [4.78, 5) is 21.4. The van der Waals surface area contributed by atoms with Crippen molar-refractivity contribution in [3.8, 4) is 0 Å². The monoisotopic (exact) mass is 269 g/mol. The number of piperazine rings is 1. The minimum atomic E-state index is -0.0725. The Kier molecular flexibility index (Phi) is 3.51. The van der Waals surface area contributed by atoms with Crippen LogP contribution in [0.15, 0.2) is 36.5 Å². The summed E-state index contributed by atoms with van der Waals surface area (Å²) in [6.07, 6.45) is 1.70. The maximum absolute atomic E-state index is 12.7. The number of aromatic nitrogens is 1. The molecule has 2 aromatic rings. The Balaban J connectivity index is 1.91. The second-order valence-corrected chi connectivity index (χ2v) is 5.54. The van der Waals surface area contributed by atoms with Crippen LogP contribution in [-0.2, 0) is 0 Å². The Bertz CT molecular complexity index is 640. The number of ketones is 1. The van der Waals surface area contributed by atoms with Gasteiger partial charge in [0, 0.05) is 36.8 Å². The molecule has 0 radical (unpaired) electrons. The Morgan fingerprint density at radius 2 is 2.05 bits per heavy atom. The van der Waals surface area contributed by atoms with Gasteiger partial charge in [0.05, 0.1) is 11.6 Å². The molecule has 4 heteroatoms. The first kappa shape index (κ1) is 13.2. The Morgan fingerprint density at radius 3 is 2.90 bits per heavy atom. The number of para-hydroxylation sites is 1. The molecule has 1 aromatic heterocycles. The molecule has 0 aliphatic carbocycles. The van der Waals surface area contributed by atoms with Crippen molar-refractivity contribution in [2.24, 2.45) is 0 Å². The molecule has 1 atom stereocenters. The summed E-state index contributed by atoms with van der Waals surface area (Å²) in [6, 6.07) is 9.77. The average Bonchev–Trinajstić information content (AvgIpc) is 2.48. The summed E-state index contributed by atoms with van der Waals surface area (Å²) in [5.74, 6) is 0.164. The lowest BCUT2D eigenvalue weighted by molar-refractivity contribution is 0.0686. The number of carbonyl (C=O) groups is 1. The summed E-state index contributed by atoms with van der Waals surface area (Å²) >= 11 is 0. The maximum Gasteiger partial charge on any atom is 0.182 e. The number of likely N-dealkylation sites (N-methyl/N-ethyl adjacent to an activating group) is 2. The van der Waals surface area contributed by atoms with Crippen LogP contribution in [0.4, 0.5) is 0 Å². The van der Waals surface area contributed by atoms with Crippen LogP contribution in [0.3, 0.4) is 0 Å². The van der Waals surface area contributed by atoms with Crippen molar-refractivity contribution in [2.75, 3.05) is 33.7 Å². The van der Waals surface area contributed by atoms with Gasteiger partial charge in [-0.3, -0.25) is 14.7 Å². The third kappa shape index (κ3) is 2.44. The molecule has 1 unspecified atom stereocenters. The summed E-state index contributed by atoms with van der Waals surface area (Å²) < 4.78 is 0. The zero-order chi connectivity index (χ0) is 14.1. The number of hydrogen-bond donors (Lipinski definition) is 0. The van der Waals surface area contributed by atoms with E-state index in [1.54, 1.807) is 6.20 Å². The van der Waals surface area contributed by atoms with Gasteiger partial charge in [-0.1, -0.05) is 18.2 Å². The van der Waals surface area contributed by atoms with Crippen LogP contribution < -0.4 is 0 Å². The average molecular weight is 269 g/mol. The lowest BCUT2D eigenvalue weighted by Crippen LogP contribution is -2.53. The zero-order valence-corrected chi connectivity index (χ0v) is 11.9. The largest absolute Gasteiger partial charge is 0.303 e. The third-order valence-electron chi connectivity index (χ3n) is 4.03. The van der Waals surface area contributed by atoms with Gasteiger partial charge in [-0.15, -0.1) is 0 Å². The van der Waals surface area contributed by atoms with Gasteiger partial charge in [-0.2, -0.15) is 0 Å². The standard InChI is InChI=1S/C16H19N3O/c1-18-7-8-19(2)15(11-18)16(20)13-9-12-5-3-4-6-14(12)17-10-13/h3-6,9-10,15H,7-8,11H2,1-2H3. The van der Waals surface area contributed by atoms with E-state index < -0.39 is 0 Å². The van der Waals surface area contributed by atoms with Gasteiger partial charge in [0.2, 0.25) is 0 Å².